The SMILES string of the molecule is CC(C)(C)OC(=O)N1CCCN(C(=O)N2CCOCC2)CC1. The molecular formula is C15H27N3O4. The molecule has 3 amide bonds. The van der Waals surface area contributed by atoms with Gasteiger partial charge in [-0.1, -0.05) is 0 Å². The second-order valence-electron chi connectivity index (χ2n) is 6.69. The summed E-state index contributed by atoms with van der Waals surface area (Å²) >= 11 is 0. The predicted octanol–water partition coefficient (Wildman–Crippen LogP) is 1.38. The number of morpholine rings is 1. The van der Waals surface area contributed by atoms with Crippen LogP contribution in [0.3, 0.4) is 0 Å². The van der Waals surface area contributed by atoms with Gasteiger partial charge in [0.15, 0.2) is 0 Å². The summed E-state index contributed by atoms with van der Waals surface area (Å²) in [6, 6.07) is 0.0503. The minimum absolute atomic E-state index is 0.0503. The highest BCUT2D eigenvalue weighted by Crippen LogP contribution is 2.13. The first-order valence-corrected chi connectivity index (χ1v) is 7.96. The zero-order chi connectivity index (χ0) is 16.2. The molecule has 0 atom stereocenters. The van der Waals surface area contributed by atoms with Crippen LogP contribution in [0.2, 0.25) is 0 Å². The van der Waals surface area contributed by atoms with Crippen LogP contribution in [0.1, 0.15) is 27.2 Å². The number of carbonyl (C=O) groups excluding carboxylic acids is 2. The summed E-state index contributed by atoms with van der Waals surface area (Å²) in [5, 5.41) is 0. The van der Waals surface area contributed by atoms with Gasteiger partial charge < -0.3 is 24.2 Å². The van der Waals surface area contributed by atoms with Crippen molar-refractivity contribution in [1.82, 2.24) is 14.7 Å². The highest BCUT2D eigenvalue weighted by molar-refractivity contribution is 5.75. The summed E-state index contributed by atoms with van der Waals surface area (Å²) in [6.07, 6.45) is 0.475. The van der Waals surface area contributed by atoms with Gasteiger partial charge in [0.05, 0.1) is 13.2 Å². The molecule has 2 aliphatic heterocycles. The predicted molar refractivity (Wildman–Crippen MR) is 81.8 cm³/mol. The number of nitrogens with zero attached hydrogens (tertiary/aromatic N) is 3. The molecule has 2 rings (SSSR count). The van der Waals surface area contributed by atoms with Crippen molar-refractivity contribution in [3.63, 3.8) is 0 Å². The van der Waals surface area contributed by atoms with Crippen molar-refractivity contribution < 1.29 is 19.1 Å². The number of ether oxygens (including phenoxy) is 2. The summed E-state index contributed by atoms with van der Waals surface area (Å²) in [4.78, 5) is 29.9. The van der Waals surface area contributed by atoms with Crippen LogP contribution < -0.4 is 0 Å². The third-order valence-corrected chi connectivity index (χ3v) is 3.70. The fourth-order valence-corrected chi connectivity index (χ4v) is 2.57. The van der Waals surface area contributed by atoms with Crippen LogP contribution in [0.4, 0.5) is 9.59 Å². The Hall–Kier alpha value is -1.50. The van der Waals surface area contributed by atoms with E-state index in [-0.39, 0.29) is 12.1 Å². The minimum Gasteiger partial charge on any atom is -0.444 e. The molecule has 2 aliphatic rings. The average molecular weight is 313 g/mol. The number of rotatable bonds is 0. The van der Waals surface area contributed by atoms with Crippen LogP contribution in [-0.4, -0.2) is 84.9 Å². The summed E-state index contributed by atoms with van der Waals surface area (Å²) in [7, 11) is 0. The van der Waals surface area contributed by atoms with Gasteiger partial charge in [0, 0.05) is 39.3 Å². The molecule has 0 N–H and O–H groups in total. The van der Waals surface area contributed by atoms with E-state index >= 15 is 0 Å². The van der Waals surface area contributed by atoms with E-state index < -0.39 is 5.60 Å². The van der Waals surface area contributed by atoms with Crippen LogP contribution >= 0.6 is 0 Å². The Kier molecular flexibility index (Phi) is 5.50. The zero-order valence-electron chi connectivity index (χ0n) is 13.8. The fraction of sp³-hybridized carbons (Fsp3) is 0.867. The lowest BCUT2D eigenvalue weighted by Crippen LogP contribution is -2.49. The number of urea groups is 1. The zero-order valence-corrected chi connectivity index (χ0v) is 13.8. The van der Waals surface area contributed by atoms with Crippen LogP contribution in [0.5, 0.6) is 0 Å². The number of hydrogen-bond acceptors (Lipinski definition) is 4. The van der Waals surface area contributed by atoms with Crippen molar-refractivity contribution >= 4 is 12.1 Å². The van der Waals surface area contributed by atoms with Gasteiger partial charge in [-0.05, 0) is 27.2 Å². The molecule has 2 fully saturated rings. The quantitative estimate of drug-likeness (QED) is 0.678. The van der Waals surface area contributed by atoms with Crippen molar-refractivity contribution in [3.05, 3.63) is 0 Å². The van der Waals surface area contributed by atoms with Gasteiger partial charge in [-0.3, -0.25) is 0 Å². The maximum atomic E-state index is 12.5. The van der Waals surface area contributed by atoms with Crippen LogP contribution in [-0.2, 0) is 9.47 Å². The van der Waals surface area contributed by atoms with Gasteiger partial charge in [0.2, 0.25) is 0 Å². The third-order valence-electron chi connectivity index (χ3n) is 3.70. The van der Waals surface area contributed by atoms with Crippen LogP contribution in [0.25, 0.3) is 0 Å². The molecule has 126 valence electrons. The Labute approximate surface area is 132 Å². The summed E-state index contributed by atoms with van der Waals surface area (Å²) in [6.45, 7) is 10.4. The van der Waals surface area contributed by atoms with Crippen molar-refractivity contribution in [2.24, 2.45) is 0 Å². The molecule has 0 spiro atoms. The molecule has 7 nitrogen and oxygen atoms in total. The standard InChI is InChI=1S/C15H27N3O4/c1-15(2,3)22-14(20)18-6-4-5-16(7-8-18)13(19)17-9-11-21-12-10-17/h4-12H2,1-3H3. The summed E-state index contributed by atoms with van der Waals surface area (Å²) < 4.78 is 10.7. The highest BCUT2D eigenvalue weighted by atomic mass is 16.6. The topological polar surface area (TPSA) is 62.3 Å². The lowest BCUT2D eigenvalue weighted by molar-refractivity contribution is 0.0253. The van der Waals surface area contributed by atoms with Gasteiger partial charge in [-0.15, -0.1) is 0 Å². The molecule has 0 unspecified atom stereocenters. The third kappa shape index (κ3) is 4.76. The molecule has 0 radical (unpaired) electrons. The van der Waals surface area contributed by atoms with Gasteiger partial charge >= 0.3 is 12.1 Å². The van der Waals surface area contributed by atoms with E-state index in [0.717, 1.165) is 6.42 Å². The first-order chi connectivity index (χ1) is 10.4. The largest absolute Gasteiger partial charge is 0.444 e. The molecule has 0 saturated carbocycles. The average Bonchev–Trinajstić information content (AvgIpc) is 2.71. The van der Waals surface area contributed by atoms with Crippen molar-refractivity contribution in [2.75, 3.05) is 52.5 Å². The van der Waals surface area contributed by atoms with Gasteiger partial charge in [-0.25, -0.2) is 9.59 Å². The molecule has 2 saturated heterocycles. The molecule has 2 heterocycles. The second kappa shape index (κ2) is 7.17. The molecule has 0 aromatic rings. The van der Waals surface area contributed by atoms with Crippen molar-refractivity contribution in [1.29, 1.82) is 0 Å². The summed E-state index contributed by atoms with van der Waals surface area (Å²) in [5.74, 6) is 0. The lowest BCUT2D eigenvalue weighted by atomic mass is 10.2. The molecule has 7 heteroatoms. The maximum absolute atomic E-state index is 12.5. The molecular weight excluding hydrogens is 286 g/mol. The van der Waals surface area contributed by atoms with Gasteiger partial charge in [-0.2, -0.15) is 0 Å². The van der Waals surface area contributed by atoms with Gasteiger partial charge in [0.1, 0.15) is 5.60 Å². The molecule has 22 heavy (non-hydrogen) atoms. The monoisotopic (exact) mass is 313 g/mol. The summed E-state index contributed by atoms with van der Waals surface area (Å²) in [5.41, 5.74) is -0.493. The first-order valence-electron chi connectivity index (χ1n) is 7.96. The van der Waals surface area contributed by atoms with Crippen LogP contribution in [0.15, 0.2) is 0 Å². The Bertz CT molecular complexity index is 402. The van der Waals surface area contributed by atoms with E-state index in [1.54, 1.807) is 4.90 Å². The maximum Gasteiger partial charge on any atom is 0.410 e. The Morgan fingerprint density at radius 1 is 0.864 bits per heavy atom. The van der Waals surface area contributed by atoms with E-state index in [1.807, 2.05) is 30.6 Å². The minimum atomic E-state index is -0.493. The normalized spacial score (nSPS) is 20.6. The smallest absolute Gasteiger partial charge is 0.410 e. The highest BCUT2D eigenvalue weighted by Gasteiger charge is 2.28. The Balaban J connectivity index is 1.86. The van der Waals surface area contributed by atoms with Gasteiger partial charge in [0.25, 0.3) is 0 Å². The number of carbonyl (C=O) groups is 2. The Morgan fingerprint density at radius 2 is 1.41 bits per heavy atom. The number of hydrogen-bond donors (Lipinski definition) is 0. The second-order valence-corrected chi connectivity index (χ2v) is 6.69. The lowest BCUT2D eigenvalue weighted by Gasteiger charge is -2.32. The van der Waals surface area contributed by atoms with Crippen LogP contribution in [0, 0.1) is 0 Å². The van der Waals surface area contributed by atoms with E-state index in [0.29, 0.717) is 52.5 Å². The number of amides is 3. The van der Waals surface area contributed by atoms with E-state index in [4.69, 9.17) is 9.47 Å². The van der Waals surface area contributed by atoms with E-state index in [1.165, 1.54) is 0 Å². The van der Waals surface area contributed by atoms with E-state index in [9.17, 15) is 9.59 Å². The Morgan fingerprint density at radius 3 is 2.05 bits per heavy atom. The molecule has 0 bridgehead atoms. The first kappa shape index (κ1) is 16.9. The van der Waals surface area contributed by atoms with Crippen molar-refractivity contribution in [3.8, 4) is 0 Å². The van der Waals surface area contributed by atoms with Crippen molar-refractivity contribution in [2.45, 2.75) is 32.8 Å². The fourth-order valence-electron chi connectivity index (χ4n) is 2.57. The molecule has 0 aliphatic carbocycles. The molecule has 0 aromatic carbocycles. The molecule has 0 aromatic heterocycles. The van der Waals surface area contributed by atoms with E-state index in [2.05, 4.69) is 0 Å².